The van der Waals surface area contributed by atoms with Crippen LogP contribution in [0.1, 0.15) is 105 Å². The number of methoxy groups -OCH3 is 1. The van der Waals surface area contributed by atoms with E-state index >= 15 is 0 Å². The maximum Gasteiger partial charge on any atom is 0.0608 e. The second kappa shape index (κ2) is 8.33. The molecule has 0 spiro atoms. The zero-order valence-electron chi connectivity index (χ0n) is 20.3. The SMILES string of the molecule is CO[C@@H]1CC[C@@]2(C)C(=CC[C@H]3[C@H]4CC[C@H]([C@H](C)CCCC(C)C)[C@@]4(C)CC[C@@H]32)C1. The van der Waals surface area contributed by atoms with Crippen molar-refractivity contribution in [1.82, 2.24) is 0 Å². The van der Waals surface area contributed by atoms with E-state index in [4.69, 9.17) is 4.74 Å². The van der Waals surface area contributed by atoms with Gasteiger partial charge in [-0.05, 0) is 97.7 Å². The van der Waals surface area contributed by atoms with E-state index in [-0.39, 0.29) is 0 Å². The van der Waals surface area contributed by atoms with Crippen LogP contribution >= 0.6 is 0 Å². The summed E-state index contributed by atoms with van der Waals surface area (Å²) in [6.45, 7) is 12.7. The van der Waals surface area contributed by atoms with Crippen molar-refractivity contribution in [2.45, 2.75) is 111 Å². The Labute approximate surface area is 181 Å². The zero-order valence-corrected chi connectivity index (χ0v) is 20.3. The van der Waals surface area contributed by atoms with E-state index in [9.17, 15) is 0 Å². The number of fused-ring (bicyclic) bond motifs is 5. The molecule has 1 nitrogen and oxygen atoms in total. The van der Waals surface area contributed by atoms with Crippen LogP contribution in [0, 0.1) is 46.3 Å². The third-order valence-corrected chi connectivity index (χ3v) is 10.6. The zero-order chi connectivity index (χ0) is 20.8. The Hall–Kier alpha value is -0.300. The van der Waals surface area contributed by atoms with E-state index in [0.29, 0.717) is 16.9 Å². The maximum atomic E-state index is 5.75. The van der Waals surface area contributed by atoms with E-state index in [0.717, 1.165) is 35.5 Å². The van der Waals surface area contributed by atoms with Gasteiger partial charge in [0.2, 0.25) is 0 Å². The van der Waals surface area contributed by atoms with Gasteiger partial charge in [-0.1, -0.05) is 65.5 Å². The molecule has 0 heterocycles. The van der Waals surface area contributed by atoms with Crippen LogP contribution in [0.4, 0.5) is 0 Å². The summed E-state index contributed by atoms with van der Waals surface area (Å²) in [6.07, 6.45) is 18.7. The molecule has 0 amide bonds. The van der Waals surface area contributed by atoms with Crippen LogP contribution in [0.5, 0.6) is 0 Å². The fourth-order valence-electron chi connectivity index (χ4n) is 8.85. The van der Waals surface area contributed by atoms with Crippen LogP contribution < -0.4 is 0 Å². The molecule has 0 aromatic carbocycles. The van der Waals surface area contributed by atoms with Crippen LogP contribution in [-0.2, 0) is 4.74 Å². The summed E-state index contributed by atoms with van der Waals surface area (Å²) in [5.41, 5.74) is 2.85. The van der Waals surface area contributed by atoms with Crippen molar-refractivity contribution in [3.8, 4) is 0 Å². The topological polar surface area (TPSA) is 9.23 Å². The molecule has 0 saturated heterocycles. The summed E-state index contributed by atoms with van der Waals surface area (Å²) in [4.78, 5) is 0. The van der Waals surface area contributed by atoms with Crippen molar-refractivity contribution < 1.29 is 4.74 Å². The molecule has 0 radical (unpaired) electrons. The van der Waals surface area contributed by atoms with E-state index in [1.165, 1.54) is 70.6 Å². The van der Waals surface area contributed by atoms with Gasteiger partial charge in [0.1, 0.15) is 0 Å². The minimum Gasteiger partial charge on any atom is -0.381 e. The van der Waals surface area contributed by atoms with Gasteiger partial charge in [-0.25, -0.2) is 0 Å². The van der Waals surface area contributed by atoms with Gasteiger partial charge in [-0.15, -0.1) is 0 Å². The average Bonchev–Trinajstić information content (AvgIpc) is 3.04. The normalized spacial score (nSPS) is 45.3. The van der Waals surface area contributed by atoms with Crippen LogP contribution in [0.3, 0.4) is 0 Å². The Kier molecular flexibility index (Phi) is 6.29. The lowest BCUT2D eigenvalue weighted by molar-refractivity contribution is -0.0601. The van der Waals surface area contributed by atoms with E-state index in [1.54, 1.807) is 5.57 Å². The smallest absolute Gasteiger partial charge is 0.0608 e. The molecule has 0 N–H and O–H groups in total. The van der Waals surface area contributed by atoms with Gasteiger partial charge >= 0.3 is 0 Å². The summed E-state index contributed by atoms with van der Waals surface area (Å²) in [6, 6.07) is 0. The molecule has 0 unspecified atom stereocenters. The van der Waals surface area contributed by atoms with Crippen molar-refractivity contribution in [1.29, 1.82) is 0 Å². The van der Waals surface area contributed by atoms with Gasteiger partial charge in [0, 0.05) is 7.11 Å². The highest BCUT2D eigenvalue weighted by Gasteiger charge is 2.59. The van der Waals surface area contributed by atoms with Gasteiger partial charge < -0.3 is 4.74 Å². The summed E-state index contributed by atoms with van der Waals surface area (Å²) < 4.78 is 5.75. The van der Waals surface area contributed by atoms with Gasteiger partial charge in [0.05, 0.1) is 6.10 Å². The Morgan fingerprint density at radius 2 is 1.79 bits per heavy atom. The molecule has 4 aliphatic rings. The van der Waals surface area contributed by atoms with Gasteiger partial charge in [0.15, 0.2) is 0 Å². The van der Waals surface area contributed by atoms with Crippen LogP contribution in [0.25, 0.3) is 0 Å². The van der Waals surface area contributed by atoms with E-state index < -0.39 is 0 Å². The quantitative estimate of drug-likeness (QED) is 0.410. The minimum atomic E-state index is 0.472. The molecule has 0 aliphatic heterocycles. The molecule has 0 aromatic heterocycles. The highest BCUT2D eigenvalue weighted by atomic mass is 16.5. The summed E-state index contributed by atoms with van der Waals surface area (Å²) in [5, 5.41) is 0. The third-order valence-electron chi connectivity index (χ3n) is 10.6. The second-order valence-electron chi connectivity index (χ2n) is 12.4. The second-order valence-corrected chi connectivity index (χ2v) is 12.4. The number of allylic oxidation sites excluding steroid dienone is 1. The molecule has 0 aromatic rings. The maximum absolute atomic E-state index is 5.75. The van der Waals surface area contributed by atoms with Crippen molar-refractivity contribution >= 4 is 0 Å². The van der Waals surface area contributed by atoms with Crippen LogP contribution in [-0.4, -0.2) is 13.2 Å². The molecular formula is C28H48O. The van der Waals surface area contributed by atoms with Gasteiger partial charge in [-0.3, -0.25) is 0 Å². The highest BCUT2D eigenvalue weighted by molar-refractivity contribution is 5.25. The first kappa shape index (κ1) is 21.9. The lowest BCUT2D eigenvalue weighted by Crippen LogP contribution is -2.50. The minimum absolute atomic E-state index is 0.472. The van der Waals surface area contributed by atoms with Crippen molar-refractivity contribution in [3.63, 3.8) is 0 Å². The van der Waals surface area contributed by atoms with Crippen LogP contribution in [0.2, 0.25) is 0 Å². The first-order chi connectivity index (χ1) is 13.8. The lowest BCUT2D eigenvalue weighted by Gasteiger charge is -2.58. The molecule has 3 saturated carbocycles. The predicted molar refractivity (Wildman–Crippen MR) is 124 cm³/mol. The van der Waals surface area contributed by atoms with Crippen molar-refractivity contribution in [2.24, 2.45) is 46.3 Å². The number of hydrogen-bond acceptors (Lipinski definition) is 1. The fraction of sp³-hybridized carbons (Fsp3) is 0.929. The molecule has 4 aliphatic carbocycles. The molecular weight excluding hydrogens is 352 g/mol. The first-order valence-electron chi connectivity index (χ1n) is 13.0. The Bertz CT molecular complexity index is 605. The first-order valence-corrected chi connectivity index (χ1v) is 13.0. The standard InChI is InChI=1S/C28H48O/c1-19(2)8-7-9-20(3)24-12-13-25-23-11-10-21-18-22(29-6)14-16-27(21,4)26(23)15-17-28(24,25)5/h10,19-20,22-26H,7-9,11-18H2,1-6H3/t20-,22-,23+,24-,25-,26+,27+,28-/m1/s1. The van der Waals surface area contributed by atoms with Gasteiger partial charge in [0.25, 0.3) is 0 Å². The summed E-state index contributed by atoms with van der Waals surface area (Å²) in [5.74, 6) is 5.63. The molecule has 29 heavy (non-hydrogen) atoms. The van der Waals surface area contributed by atoms with Crippen molar-refractivity contribution in [3.05, 3.63) is 11.6 Å². The van der Waals surface area contributed by atoms with Crippen LogP contribution in [0.15, 0.2) is 11.6 Å². The molecule has 0 bridgehead atoms. The number of ether oxygens (including phenoxy) is 1. The lowest BCUT2D eigenvalue weighted by atomic mass is 9.47. The summed E-state index contributed by atoms with van der Waals surface area (Å²) in [7, 11) is 1.91. The largest absolute Gasteiger partial charge is 0.381 e. The Morgan fingerprint density at radius 3 is 2.52 bits per heavy atom. The predicted octanol–water partition coefficient (Wildman–Crippen LogP) is 8.04. The number of rotatable bonds is 6. The molecule has 1 heteroatoms. The van der Waals surface area contributed by atoms with Gasteiger partial charge in [-0.2, -0.15) is 0 Å². The molecule has 166 valence electrons. The Morgan fingerprint density at radius 1 is 1.00 bits per heavy atom. The highest BCUT2D eigenvalue weighted by Crippen LogP contribution is 2.67. The molecule has 4 rings (SSSR count). The monoisotopic (exact) mass is 400 g/mol. The fourth-order valence-corrected chi connectivity index (χ4v) is 8.85. The molecule has 8 atom stereocenters. The number of hydrogen-bond donors (Lipinski definition) is 0. The average molecular weight is 401 g/mol. The summed E-state index contributed by atoms with van der Waals surface area (Å²) >= 11 is 0. The molecule has 3 fully saturated rings. The van der Waals surface area contributed by atoms with E-state index in [2.05, 4.69) is 40.7 Å². The third kappa shape index (κ3) is 3.77. The van der Waals surface area contributed by atoms with E-state index in [1.807, 2.05) is 7.11 Å². The van der Waals surface area contributed by atoms with Crippen molar-refractivity contribution in [2.75, 3.05) is 7.11 Å². The Balaban J connectivity index is 1.48.